The second kappa shape index (κ2) is 6.55. The molecule has 0 amide bonds. The Balaban J connectivity index is 1.80. The number of H-pyrrole nitrogens is 1. The summed E-state index contributed by atoms with van der Waals surface area (Å²) in [5.41, 5.74) is 4.26. The second-order valence-electron chi connectivity index (χ2n) is 6.81. The van der Waals surface area contributed by atoms with Gasteiger partial charge in [-0.15, -0.1) is 0 Å². The lowest BCUT2D eigenvalue weighted by Gasteiger charge is -2.28. The molecule has 2 aromatic heterocycles. The van der Waals surface area contributed by atoms with E-state index in [0.29, 0.717) is 28.6 Å². The van der Waals surface area contributed by atoms with Crippen molar-refractivity contribution in [1.82, 2.24) is 30.4 Å². The molecule has 1 atom stereocenters. The first-order valence-electron chi connectivity index (χ1n) is 9.04. The average molecular weight is 387 g/mol. The molecule has 4 aromatic rings. The van der Waals surface area contributed by atoms with Gasteiger partial charge in [0.1, 0.15) is 17.5 Å². The standard InChI is InChI=1S/C20H17N7O2/c1-11-6-8-12(9-7-11)18-15-16(13-4-3-5-14(10-13)29-2)22-23-19(28)17(15)21-20-24-25-26-27(18)20/h3-10,18H,1-2H3,(H,23,28)(H,21,24,26). The number of nitrogens with one attached hydrogen (secondary N) is 2. The summed E-state index contributed by atoms with van der Waals surface area (Å²) in [6, 6.07) is 15.2. The van der Waals surface area contributed by atoms with Crippen LogP contribution >= 0.6 is 0 Å². The van der Waals surface area contributed by atoms with Gasteiger partial charge in [0.05, 0.1) is 12.8 Å². The second-order valence-corrected chi connectivity index (χ2v) is 6.81. The Hall–Kier alpha value is -4.01. The van der Waals surface area contributed by atoms with Gasteiger partial charge in [-0.05, 0) is 35.0 Å². The van der Waals surface area contributed by atoms with Gasteiger partial charge in [0.25, 0.3) is 5.56 Å². The van der Waals surface area contributed by atoms with Gasteiger partial charge >= 0.3 is 0 Å². The summed E-state index contributed by atoms with van der Waals surface area (Å²) in [6.07, 6.45) is 0. The Labute approximate surface area is 165 Å². The lowest BCUT2D eigenvalue weighted by atomic mass is 9.92. The fourth-order valence-electron chi connectivity index (χ4n) is 3.58. The zero-order valence-electron chi connectivity index (χ0n) is 15.7. The van der Waals surface area contributed by atoms with Crippen molar-refractivity contribution in [1.29, 1.82) is 0 Å². The highest BCUT2D eigenvalue weighted by molar-refractivity contribution is 5.76. The molecule has 2 N–H and O–H groups in total. The predicted molar refractivity (Wildman–Crippen MR) is 106 cm³/mol. The number of hydrogen-bond acceptors (Lipinski definition) is 7. The van der Waals surface area contributed by atoms with Crippen LogP contribution in [-0.2, 0) is 0 Å². The number of aromatic nitrogens is 6. The minimum atomic E-state index is -0.409. The van der Waals surface area contributed by atoms with E-state index in [2.05, 4.69) is 31.0 Å². The molecular weight excluding hydrogens is 370 g/mol. The predicted octanol–water partition coefficient (Wildman–Crippen LogP) is 2.44. The first kappa shape index (κ1) is 17.1. The van der Waals surface area contributed by atoms with Crippen molar-refractivity contribution < 1.29 is 4.74 Å². The van der Waals surface area contributed by atoms with Gasteiger partial charge < -0.3 is 10.1 Å². The number of aryl methyl sites for hydroxylation is 1. The van der Waals surface area contributed by atoms with E-state index in [1.54, 1.807) is 11.8 Å². The number of rotatable bonds is 3. The third kappa shape index (κ3) is 2.75. The van der Waals surface area contributed by atoms with Crippen molar-refractivity contribution in [2.45, 2.75) is 13.0 Å². The summed E-state index contributed by atoms with van der Waals surface area (Å²) >= 11 is 0. The summed E-state index contributed by atoms with van der Waals surface area (Å²) in [5, 5.41) is 22.0. The smallest absolute Gasteiger partial charge is 0.288 e. The highest BCUT2D eigenvalue weighted by Crippen LogP contribution is 2.41. The molecule has 1 unspecified atom stereocenters. The van der Waals surface area contributed by atoms with Crippen molar-refractivity contribution in [3.05, 3.63) is 75.6 Å². The minimum Gasteiger partial charge on any atom is -0.497 e. The van der Waals surface area contributed by atoms with Gasteiger partial charge in [-0.2, -0.15) is 9.78 Å². The Kier molecular flexibility index (Phi) is 3.87. The molecular formula is C20H17N7O2. The molecule has 0 saturated carbocycles. The molecule has 29 heavy (non-hydrogen) atoms. The van der Waals surface area contributed by atoms with Gasteiger partial charge in [-0.3, -0.25) is 4.79 Å². The van der Waals surface area contributed by atoms with Gasteiger partial charge in [-0.1, -0.05) is 47.1 Å². The van der Waals surface area contributed by atoms with Gasteiger partial charge in [0.15, 0.2) is 0 Å². The van der Waals surface area contributed by atoms with Crippen LogP contribution in [0.2, 0.25) is 0 Å². The van der Waals surface area contributed by atoms with E-state index >= 15 is 0 Å². The Morgan fingerprint density at radius 2 is 1.97 bits per heavy atom. The van der Waals surface area contributed by atoms with E-state index in [1.807, 2.05) is 55.5 Å². The maximum absolute atomic E-state index is 12.7. The quantitative estimate of drug-likeness (QED) is 0.489. The van der Waals surface area contributed by atoms with Crippen LogP contribution in [0, 0.1) is 6.92 Å². The summed E-state index contributed by atoms with van der Waals surface area (Å²) in [5.74, 6) is 1.10. The monoisotopic (exact) mass is 387 g/mol. The van der Waals surface area contributed by atoms with Crippen molar-refractivity contribution in [2.75, 3.05) is 12.4 Å². The molecule has 2 aromatic carbocycles. The maximum Gasteiger partial charge on any atom is 0.288 e. The van der Waals surface area contributed by atoms with E-state index in [4.69, 9.17) is 4.74 Å². The zero-order valence-corrected chi connectivity index (χ0v) is 15.7. The van der Waals surface area contributed by atoms with Crippen LogP contribution in [-0.4, -0.2) is 37.5 Å². The normalized spacial score (nSPS) is 14.6. The first-order valence-corrected chi connectivity index (χ1v) is 9.04. The first-order chi connectivity index (χ1) is 14.2. The average Bonchev–Trinajstić information content (AvgIpc) is 3.22. The molecule has 9 nitrogen and oxygen atoms in total. The van der Waals surface area contributed by atoms with Crippen molar-refractivity contribution in [3.8, 4) is 17.0 Å². The summed E-state index contributed by atoms with van der Waals surface area (Å²) in [6.45, 7) is 2.02. The van der Waals surface area contributed by atoms with Crippen molar-refractivity contribution in [2.24, 2.45) is 0 Å². The van der Waals surface area contributed by atoms with E-state index < -0.39 is 6.04 Å². The third-order valence-electron chi connectivity index (χ3n) is 5.00. The summed E-state index contributed by atoms with van der Waals surface area (Å²) < 4.78 is 7.02. The van der Waals surface area contributed by atoms with Crippen LogP contribution in [0.3, 0.4) is 0 Å². The number of aromatic amines is 1. The molecule has 0 radical (unpaired) electrons. The molecule has 1 aliphatic rings. The fourth-order valence-corrected chi connectivity index (χ4v) is 3.58. The molecule has 0 fully saturated rings. The fraction of sp³-hybridized carbons (Fsp3) is 0.150. The number of tetrazole rings is 1. The van der Waals surface area contributed by atoms with Crippen molar-refractivity contribution >= 4 is 11.6 Å². The maximum atomic E-state index is 12.7. The van der Waals surface area contributed by atoms with Crippen LogP contribution in [0.1, 0.15) is 22.7 Å². The van der Waals surface area contributed by atoms with E-state index in [-0.39, 0.29) is 5.56 Å². The van der Waals surface area contributed by atoms with Gasteiger partial charge in [0.2, 0.25) is 5.95 Å². The van der Waals surface area contributed by atoms with Crippen LogP contribution in [0.25, 0.3) is 11.3 Å². The van der Waals surface area contributed by atoms with Gasteiger partial charge in [-0.25, -0.2) is 5.10 Å². The number of methoxy groups -OCH3 is 1. The Morgan fingerprint density at radius 3 is 2.76 bits per heavy atom. The molecule has 144 valence electrons. The number of benzene rings is 2. The molecule has 0 saturated heterocycles. The topological polar surface area (TPSA) is 111 Å². The zero-order chi connectivity index (χ0) is 20.0. The summed E-state index contributed by atoms with van der Waals surface area (Å²) in [7, 11) is 1.61. The third-order valence-corrected chi connectivity index (χ3v) is 5.00. The number of hydrogen-bond donors (Lipinski definition) is 2. The summed E-state index contributed by atoms with van der Waals surface area (Å²) in [4.78, 5) is 12.7. The largest absolute Gasteiger partial charge is 0.497 e. The molecule has 0 spiro atoms. The number of anilines is 2. The number of ether oxygens (including phenoxy) is 1. The molecule has 0 aliphatic carbocycles. The van der Waals surface area contributed by atoms with Crippen LogP contribution < -0.4 is 15.6 Å². The van der Waals surface area contributed by atoms with Gasteiger partial charge in [0, 0.05) is 11.1 Å². The van der Waals surface area contributed by atoms with E-state index in [1.165, 1.54) is 0 Å². The molecule has 0 bridgehead atoms. The lowest BCUT2D eigenvalue weighted by molar-refractivity contribution is 0.415. The Bertz CT molecular complexity index is 1260. The molecule has 5 rings (SSSR count). The van der Waals surface area contributed by atoms with E-state index in [0.717, 1.165) is 16.7 Å². The lowest BCUT2D eigenvalue weighted by Crippen LogP contribution is -2.29. The van der Waals surface area contributed by atoms with Crippen LogP contribution in [0.5, 0.6) is 5.75 Å². The number of nitrogens with zero attached hydrogens (tertiary/aromatic N) is 5. The van der Waals surface area contributed by atoms with Crippen molar-refractivity contribution in [3.63, 3.8) is 0 Å². The minimum absolute atomic E-state index is 0.335. The molecule has 1 aliphatic heterocycles. The SMILES string of the molecule is COc1cccc(-c2n[nH]c(=O)c3c2C(c2ccc(C)cc2)n2nnnc2N3)c1. The highest BCUT2D eigenvalue weighted by atomic mass is 16.5. The van der Waals surface area contributed by atoms with E-state index in [9.17, 15) is 4.79 Å². The number of fused-ring (bicyclic) bond motifs is 2. The Morgan fingerprint density at radius 1 is 1.14 bits per heavy atom. The molecule has 9 heteroatoms. The van der Waals surface area contributed by atoms with Crippen LogP contribution in [0.4, 0.5) is 11.6 Å². The molecule has 3 heterocycles. The highest BCUT2D eigenvalue weighted by Gasteiger charge is 2.34. The van der Waals surface area contributed by atoms with Crippen LogP contribution in [0.15, 0.2) is 53.3 Å².